The molecule has 10 heteroatoms. The first-order valence-electron chi connectivity index (χ1n) is 6.69. The second kappa shape index (κ2) is 6.31. The van der Waals surface area contributed by atoms with Crippen LogP contribution in [0.15, 0.2) is 10.4 Å². The SMILES string of the molecule is CC(C)(C)OC(=O)N1CCN(S(=O)(=O)c2cnc(Cl)s2)CC1. The molecule has 124 valence electrons. The minimum Gasteiger partial charge on any atom is -0.444 e. The predicted octanol–water partition coefficient (Wildman–Crippen LogP) is 2.04. The summed E-state index contributed by atoms with van der Waals surface area (Å²) in [4.78, 5) is 17.2. The molecule has 0 N–H and O–H groups in total. The number of piperazine rings is 1. The standard InChI is InChI=1S/C12H18ClN3O4S2/c1-12(2,3)20-11(17)15-4-6-16(7-5-15)22(18,19)9-8-14-10(13)21-9/h8H,4-7H2,1-3H3. The molecule has 0 radical (unpaired) electrons. The van der Waals surface area contributed by atoms with Crippen molar-refractivity contribution in [1.82, 2.24) is 14.2 Å². The molecule has 2 rings (SSSR count). The van der Waals surface area contributed by atoms with Crippen LogP contribution in [0.25, 0.3) is 0 Å². The Hall–Kier alpha value is -0.900. The second-order valence-electron chi connectivity index (χ2n) is 5.80. The van der Waals surface area contributed by atoms with Gasteiger partial charge in [0, 0.05) is 26.2 Å². The van der Waals surface area contributed by atoms with Gasteiger partial charge in [0.15, 0.2) is 8.68 Å². The van der Waals surface area contributed by atoms with Crippen molar-refractivity contribution < 1.29 is 17.9 Å². The fourth-order valence-electron chi connectivity index (χ4n) is 1.92. The number of carbonyl (C=O) groups is 1. The Bertz CT molecular complexity index is 646. The fourth-order valence-corrected chi connectivity index (χ4v) is 4.79. The Labute approximate surface area is 138 Å². The third-order valence-electron chi connectivity index (χ3n) is 2.94. The van der Waals surface area contributed by atoms with Gasteiger partial charge in [-0.05, 0) is 20.8 Å². The molecule has 1 saturated heterocycles. The number of ether oxygens (including phenoxy) is 1. The van der Waals surface area contributed by atoms with Gasteiger partial charge in [-0.1, -0.05) is 22.9 Å². The van der Waals surface area contributed by atoms with Crippen LogP contribution in [0.2, 0.25) is 4.47 Å². The minimum absolute atomic E-state index is 0.114. The topological polar surface area (TPSA) is 79.8 Å². The number of hydrogen-bond acceptors (Lipinski definition) is 6. The van der Waals surface area contributed by atoms with Crippen LogP contribution in [0.5, 0.6) is 0 Å². The summed E-state index contributed by atoms with van der Waals surface area (Å²) in [6.45, 7) is 6.40. The summed E-state index contributed by atoms with van der Waals surface area (Å²) in [6.07, 6.45) is 0.827. The number of sulfonamides is 1. The summed E-state index contributed by atoms with van der Waals surface area (Å²) in [6, 6.07) is 0. The molecule has 1 aromatic heterocycles. The predicted molar refractivity (Wildman–Crippen MR) is 83.7 cm³/mol. The van der Waals surface area contributed by atoms with E-state index in [9.17, 15) is 13.2 Å². The molecule has 0 saturated carbocycles. The maximum Gasteiger partial charge on any atom is 0.410 e. The Balaban J connectivity index is 1.99. The smallest absolute Gasteiger partial charge is 0.410 e. The molecule has 1 aromatic rings. The molecule has 0 spiro atoms. The van der Waals surface area contributed by atoms with E-state index in [1.165, 1.54) is 15.4 Å². The van der Waals surface area contributed by atoms with Crippen molar-refractivity contribution in [3.05, 3.63) is 10.7 Å². The molecule has 22 heavy (non-hydrogen) atoms. The Morgan fingerprint density at radius 3 is 2.36 bits per heavy atom. The molecule has 0 bridgehead atoms. The van der Waals surface area contributed by atoms with Gasteiger partial charge in [0.25, 0.3) is 10.0 Å². The Morgan fingerprint density at radius 1 is 1.32 bits per heavy atom. The molecule has 0 aliphatic carbocycles. The summed E-state index contributed by atoms with van der Waals surface area (Å²) in [5.41, 5.74) is -0.570. The van der Waals surface area contributed by atoms with Crippen LogP contribution < -0.4 is 0 Å². The first-order chi connectivity index (χ1) is 10.1. The van der Waals surface area contributed by atoms with Gasteiger partial charge in [0.05, 0.1) is 6.20 Å². The Kier molecular flexibility index (Phi) is 5.00. The van der Waals surface area contributed by atoms with Gasteiger partial charge in [-0.3, -0.25) is 0 Å². The monoisotopic (exact) mass is 367 g/mol. The van der Waals surface area contributed by atoms with Gasteiger partial charge >= 0.3 is 6.09 Å². The van der Waals surface area contributed by atoms with E-state index in [4.69, 9.17) is 16.3 Å². The van der Waals surface area contributed by atoms with Crippen LogP contribution in [0.3, 0.4) is 0 Å². The first-order valence-corrected chi connectivity index (χ1v) is 9.32. The first kappa shape index (κ1) is 17.5. The van der Waals surface area contributed by atoms with E-state index in [-0.39, 0.29) is 21.8 Å². The number of rotatable bonds is 2. The number of aromatic nitrogens is 1. The van der Waals surface area contributed by atoms with E-state index >= 15 is 0 Å². The normalized spacial score (nSPS) is 17.5. The molecule has 2 heterocycles. The lowest BCUT2D eigenvalue weighted by Gasteiger charge is -2.34. The maximum absolute atomic E-state index is 12.4. The summed E-state index contributed by atoms with van der Waals surface area (Å²) in [7, 11) is -3.60. The van der Waals surface area contributed by atoms with Gasteiger partial charge in [0.2, 0.25) is 0 Å². The highest BCUT2D eigenvalue weighted by Crippen LogP contribution is 2.26. The van der Waals surface area contributed by atoms with Crippen molar-refractivity contribution in [2.75, 3.05) is 26.2 Å². The van der Waals surface area contributed by atoms with E-state index in [0.29, 0.717) is 13.1 Å². The molecule has 0 unspecified atom stereocenters. The van der Waals surface area contributed by atoms with E-state index in [2.05, 4.69) is 4.98 Å². The molecule has 1 fully saturated rings. The molecule has 7 nitrogen and oxygen atoms in total. The van der Waals surface area contributed by atoms with E-state index in [1.807, 2.05) is 0 Å². The number of amides is 1. The van der Waals surface area contributed by atoms with Crippen LogP contribution in [0.1, 0.15) is 20.8 Å². The fraction of sp³-hybridized carbons (Fsp3) is 0.667. The van der Waals surface area contributed by atoms with Crippen molar-refractivity contribution in [1.29, 1.82) is 0 Å². The highest BCUT2D eigenvalue weighted by atomic mass is 35.5. The molecule has 1 aliphatic rings. The molecule has 1 aliphatic heterocycles. The number of nitrogens with zero attached hydrogens (tertiary/aromatic N) is 3. The molecule has 0 atom stereocenters. The van der Waals surface area contributed by atoms with Crippen molar-refractivity contribution >= 4 is 39.1 Å². The second-order valence-corrected chi connectivity index (χ2v) is 9.58. The zero-order valence-corrected chi connectivity index (χ0v) is 15.0. The van der Waals surface area contributed by atoms with Crippen LogP contribution in [-0.4, -0.2) is 60.5 Å². The quantitative estimate of drug-likeness (QED) is 0.799. The number of halogens is 1. The third-order valence-corrected chi connectivity index (χ3v) is 6.39. The van der Waals surface area contributed by atoms with Gasteiger partial charge in [0.1, 0.15) is 5.60 Å². The van der Waals surface area contributed by atoms with Gasteiger partial charge in [-0.25, -0.2) is 18.2 Å². The van der Waals surface area contributed by atoms with Crippen LogP contribution in [0.4, 0.5) is 4.79 Å². The van der Waals surface area contributed by atoms with Crippen molar-refractivity contribution in [3.63, 3.8) is 0 Å². The van der Waals surface area contributed by atoms with Crippen molar-refractivity contribution in [3.8, 4) is 0 Å². The largest absolute Gasteiger partial charge is 0.444 e. The number of hydrogen-bond donors (Lipinski definition) is 0. The maximum atomic E-state index is 12.4. The van der Waals surface area contributed by atoms with Crippen LogP contribution in [-0.2, 0) is 14.8 Å². The third kappa shape index (κ3) is 4.09. The molecular formula is C12H18ClN3O4S2. The molecule has 0 aromatic carbocycles. The molecular weight excluding hydrogens is 350 g/mol. The highest BCUT2D eigenvalue weighted by Gasteiger charge is 2.32. The summed E-state index contributed by atoms with van der Waals surface area (Å²) in [5.74, 6) is 0. The average molecular weight is 368 g/mol. The van der Waals surface area contributed by atoms with Crippen LogP contribution >= 0.6 is 22.9 Å². The lowest BCUT2D eigenvalue weighted by atomic mass is 10.2. The molecule has 1 amide bonds. The van der Waals surface area contributed by atoms with E-state index in [1.54, 1.807) is 20.8 Å². The summed E-state index contributed by atoms with van der Waals surface area (Å²) >= 11 is 6.61. The van der Waals surface area contributed by atoms with Crippen molar-refractivity contribution in [2.45, 2.75) is 30.6 Å². The van der Waals surface area contributed by atoms with Gasteiger partial charge in [-0.15, -0.1) is 0 Å². The highest BCUT2D eigenvalue weighted by molar-refractivity contribution is 7.91. The zero-order chi connectivity index (χ0) is 16.5. The lowest BCUT2D eigenvalue weighted by molar-refractivity contribution is 0.0192. The lowest BCUT2D eigenvalue weighted by Crippen LogP contribution is -2.51. The number of carbonyl (C=O) groups excluding carboxylic acids is 1. The van der Waals surface area contributed by atoms with Crippen molar-refractivity contribution in [2.24, 2.45) is 0 Å². The van der Waals surface area contributed by atoms with Crippen LogP contribution in [0, 0.1) is 0 Å². The average Bonchev–Trinajstić information content (AvgIpc) is 2.84. The van der Waals surface area contributed by atoms with Gasteiger partial charge < -0.3 is 9.64 Å². The minimum atomic E-state index is -3.60. The van der Waals surface area contributed by atoms with Gasteiger partial charge in [-0.2, -0.15) is 4.31 Å². The Morgan fingerprint density at radius 2 is 1.91 bits per heavy atom. The zero-order valence-electron chi connectivity index (χ0n) is 12.6. The number of thiazole rings is 1. The van der Waals surface area contributed by atoms with E-state index in [0.717, 1.165) is 11.3 Å². The summed E-state index contributed by atoms with van der Waals surface area (Å²) in [5, 5.41) is 0. The van der Waals surface area contributed by atoms with E-state index < -0.39 is 21.7 Å². The summed E-state index contributed by atoms with van der Waals surface area (Å²) < 4.78 is 31.7.